The van der Waals surface area contributed by atoms with Gasteiger partial charge in [0.25, 0.3) is 0 Å². The Labute approximate surface area is 156 Å². The molecule has 27 heavy (non-hydrogen) atoms. The number of ether oxygens (including phenoxy) is 1. The third-order valence-corrected chi connectivity index (χ3v) is 3.71. The Morgan fingerprint density at radius 2 is 1.85 bits per heavy atom. The molecule has 0 fully saturated rings. The molecule has 0 bridgehead atoms. The first kappa shape index (κ1) is 18.0. The van der Waals surface area contributed by atoms with Crippen molar-refractivity contribution in [2.75, 3.05) is 17.7 Å². The van der Waals surface area contributed by atoms with Crippen LogP contribution in [0.25, 0.3) is 5.69 Å². The maximum atomic E-state index is 12.1. The van der Waals surface area contributed by atoms with Crippen molar-refractivity contribution in [3.8, 4) is 5.69 Å². The molecule has 0 radical (unpaired) electrons. The Balaban J connectivity index is 1.53. The lowest BCUT2D eigenvalue weighted by Crippen LogP contribution is -2.28. The van der Waals surface area contributed by atoms with E-state index in [1.54, 1.807) is 29.1 Å². The van der Waals surface area contributed by atoms with E-state index in [2.05, 4.69) is 25.8 Å². The number of nitrogens with zero attached hydrogens (tertiary/aromatic N) is 2. The molecule has 3 N–H and O–H groups in total. The van der Waals surface area contributed by atoms with Gasteiger partial charge in [0, 0.05) is 30.3 Å². The Kier molecular flexibility index (Phi) is 5.68. The quantitative estimate of drug-likeness (QED) is 0.646. The van der Waals surface area contributed by atoms with E-state index in [4.69, 9.17) is 0 Å². The van der Waals surface area contributed by atoms with Gasteiger partial charge in [0.15, 0.2) is 0 Å². The van der Waals surface area contributed by atoms with Crippen LogP contribution in [0.1, 0.15) is 5.56 Å². The average molecular weight is 365 g/mol. The minimum Gasteiger partial charge on any atom is -0.453 e. The molecule has 0 unspecified atom stereocenters. The van der Waals surface area contributed by atoms with Crippen LogP contribution in [0.3, 0.4) is 0 Å². The highest BCUT2D eigenvalue weighted by molar-refractivity contribution is 5.89. The largest absolute Gasteiger partial charge is 0.453 e. The number of carbonyl (C=O) groups excluding carboxylic acids is 2. The minimum absolute atomic E-state index is 0.315. The van der Waals surface area contributed by atoms with Crippen molar-refractivity contribution in [1.82, 2.24) is 15.1 Å². The third-order valence-electron chi connectivity index (χ3n) is 3.71. The van der Waals surface area contributed by atoms with Crippen LogP contribution >= 0.6 is 0 Å². The number of aromatic nitrogens is 2. The smallest absolute Gasteiger partial charge is 0.411 e. The van der Waals surface area contributed by atoms with E-state index in [9.17, 15) is 9.59 Å². The zero-order valence-corrected chi connectivity index (χ0v) is 14.7. The zero-order valence-electron chi connectivity index (χ0n) is 14.7. The van der Waals surface area contributed by atoms with Gasteiger partial charge in [-0.25, -0.2) is 14.3 Å². The van der Waals surface area contributed by atoms with Gasteiger partial charge < -0.3 is 15.4 Å². The van der Waals surface area contributed by atoms with E-state index in [1.165, 1.54) is 7.11 Å². The molecule has 0 saturated carbocycles. The molecule has 8 nitrogen and oxygen atoms in total. The highest BCUT2D eigenvalue weighted by Gasteiger charge is 2.05. The normalized spacial score (nSPS) is 10.1. The Hall–Kier alpha value is -3.81. The van der Waals surface area contributed by atoms with E-state index in [1.807, 2.05) is 42.6 Å². The first-order valence-corrected chi connectivity index (χ1v) is 8.23. The Morgan fingerprint density at radius 3 is 2.56 bits per heavy atom. The Bertz CT molecular complexity index is 907. The standard InChI is InChI=1S/C19H19N5O3/c1-27-19(26)23-15-8-6-14(7-9-15)13-20-18(25)22-16-4-2-5-17(12-16)24-11-3-10-21-24/h2-12H,13H2,1H3,(H,23,26)(H2,20,22,25). The number of benzene rings is 2. The fraction of sp³-hybridized carbons (Fsp3) is 0.105. The second-order valence-corrected chi connectivity index (χ2v) is 5.62. The molecule has 0 aliphatic heterocycles. The molecule has 2 aromatic carbocycles. The molecule has 138 valence electrons. The molecule has 0 aliphatic rings. The van der Waals surface area contributed by atoms with Crippen LogP contribution in [0.2, 0.25) is 0 Å². The zero-order chi connectivity index (χ0) is 19.1. The van der Waals surface area contributed by atoms with Gasteiger partial charge >= 0.3 is 12.1 Å². The van der Waals surface area contributed by atoms with Gasteiger partial charge in [-0.05, 0) is 42.0 Å². The summed E-state index contributed by atoms with van der Waals surface area (Å²) in [6.45, 7) is 0.350. The number of rotatable bonds is 5. The number of carbonyl (C=O) groups is 2. The van der Waals surface area contributed by atoms with Crippen molar-refractivity contribution in [3.63, 3.8) is 0 Å². The van der Waals surface area contributed by atoms with Crippen LogP contribution in [0.5, 0.6) is 0 Å². The summed E-state index contributed by atoms with van der Waals surface area (Å²) in [5, 5.41) is 12.3. The van der Waals surface area contributed by atoms with Crippen LogP contribution in [0.15, 0.2) is 67.0 Å². The van der Waals surface area contributed by atoms with Crippen molar-refractivity contribution in [1.29, 1.82) is 0 Å². The average Bonchev–Trinajstić information content (AvgIpc) is 3.22. The van der Waals surface area contributed by atoms with Crippen molar-refractivity contribution >= 4 is 23.5 Å². The SMILES string of the molecule is COC(=O)Nc1ccc(CNC(=O)Nc2cccc(-n3cccn3)c2)cc1. The third kappa shape index (κ3) is 5.08. The molecule has 0 spiro atoms. The van der Waals surface area contributed by atoms with E-state index in [-0.39, 0.29) is 6.03 Å². The number of hydrogen-bond donors (Lipinski definition) is 3. The molecular formula is C19H19N5O3. The summed E-state index contributed by atoms with van der Waals surface area (Å²) in [6.07, 6.45) is 2.99. The van der Waals surface area contributed by atoms with Gasteiger partial charge in [0.05, 0.1) is 12.8 Å². The lowest BCUT2D eigenvalue weighted by atomic mass is 10.2. The minimum atomic E-state index is -0.530. The van der Waals surface area contributed by atoms with E-state index in [0.717, 1.165) is 11.3 Å². The second-order valence-electron chi connectivity index (χ2n) is 5.62. The van der Waals surface area contributed by atoms with Crippen molar-refractivity contribution < 1.29 is 14.3 Å². The summed E-state index contributed by atoms with van der Waals surface area (Å²) in [5.41, 5.74) is 3.03. The van der Waals surface area contributed by atoms with E-state index < -0.39 is 6.09 Å². The number of hydrogen-bond acceptors (Lipinski definition) is 4. The molecular weight excluding hydrogens is 346 g/mol. The molecule has 1 aromatic heterocycles. The number of amides is 3. The molecule has 3 aromatic rings. The number of nitrogens with one attached hydrogen (secondary N) is 3. The lowest BCUT2D eigenvalue weighted by Gasteiger charge is -2.10. The maximum absolute atomic E-state index is 12.1. The van der Waals surface area contributed by atoms with Crippen LogP contribution in [-0.2, 0) is 11.3 Å². The first-order chi connectivity index (χ1) is 13.1. The van der Waals surface area contributed by atoms with Crippen LogP contribution in [0, 0.1) is 0 Å². The van der Waals surface area contributed by atoms with Gasteiger partial charge in [-0.15, -0.1) is 0 Å². The summed E-state index contributed by atoms with van der Waals surface area (Å²) in [6, 6.07) is 16.0. The molecule has 8 heteroatoms. The molecule has 1 heterocycles. The predicted octanol–water partition coefficient (Wildman–Crippen LogP) is 3.37. The summed E-state index contributed by atoms with van der Waals surface area (Å²) < 4.78 is 6.25. The molecule has 0 aliphatic carbocycles. The molecule has 3 rings (SSSR count). The van der Waals surface area contributed by atoms with Gasteiger partial charge in [0.2, 0.25) is 0 Å². The summed E-state index contributed by atoms with van der Waals surface area (Å²) in [4.78, 5) is 23.3. The van der Waals surface area contributed by atoms with Gasteiger partial charge in [-0.3, -0.25) is 5.32 Å². The first-order valence-electron chi connectivity index (χ1n) is 8.23. The highest BCUT2D eigenvalue weighted by atomic mass is 16.5. The summed E-state index contributed by atoms with van der Waals surface area (Å²) in [5.74, 6) is 0. The number of urea groups is 1. The van der Waals surface area contributed by atoms with Crippen molar-refractivity contribution in [2.24, 2.45) is 0 Å². The van der Waals surface area contributed by atoms with Crippen molar-refractivity contribution in [2.45, 2.75) is 6.54 Å². The fourth-order valence-electron chi connectivity index (χ4n) is 2.38. The predicted molar refractivity (Wildman–Crippen MR) is 102 cm³/mol. The number of anilines is 2. The Morgan fingerprint density at radius 1 is 1.04 bits per heavy atom. The van der Waals surface area contributed by atoms with E-state index >= 15 is 0 Å². The van der Waals surface area contributed by atoms with Crippen molar-refractivity contribution in [3.05, 3.63) is 72.6 Å². The van der Waals surface area contributed by atoms with Gasteiger partial charge in [-0.1, -0.05) is 18.2 Å². The second kappa shape index (κ2) is 8.52. The summed E-state index contributed by atoms with van der Waals surface area (Å²) >= 11 is 0. The number of methoxy groups -OCH3 is 1. The molecule has 3 amide bonds. The van der Waals surface area contributed by atoms with Crippen LogP contribution in [0.4, 0.5) is 21.0 Å². The molecule has 0 atom stereocenters. The van der Waals surface area contributed by atoms with Gasteiger partial charge in [0.1, 0.15) is 0 Å². The maximum Gasteiger partial charge on any atom is 0.411 e. The monoisotopic (exact) mass is 365 g/mol. The van der Waals surface area contributed by atoms with Crippen LogP contribution in [-0.4, -0.2) is 29.0 Å². The van der Waals surface area contributed by atoms with Gasteiger partial charge in [-0.2, -0.15) is 5.10 Å². The molecule has 0 saturated heterocycles. The van der Waals surface area contributed by atoms with E-state index in [0.29, 0.717) is 17.9 Å². The lowest BCUT2D eigenvalue weighted by molar-refractivity contribution is 0.187. The highest BCUT2D eigenvalue weighted by Crippen LogP contribution is 2.14. The summed E-state index contributed by atoms with van der Waals surface area (Å²) in [7, 11) is 1.30. The van der Waals surface area contributed by atoms with Crippen LogP contribution < -0.4 is 16.0 Å². The fourth-order valence-corrected chi connectivity index (χ4v) is 2.38. The topological polar surface area (TPSA) is 97.3 Å².